The third-order valence-corrected chi connectivity index (χ3v) is 1.23. The Morgan fingerprint density at radius 2 is 2.00 bits per heavy atom. The van der Waals surface area contributed by atoms with E-state index < -0.39 is 0 Å². The SMILES string of the molecule is CC(O)CCCN(C)C. The van der Waals surface area contributed by atoms with Crippen LogP contribution in [0.1, 0.15) is 19.8 Å². The molecule has 0 saturated heterocycles. The van der Waals surface area contributed by atoms with Crippen LogP contribution in [0, 0.1) is 0 Å². The van der Waals surface area contributed by atoms with E-state index in [9.17, 15) is 0 Å². The van der Waals surface area contributed by atoms with Gasteiger partial charge in [0.1, 0.15) is 0 Å². The Kier molecular flexibility index (Phi) is 4.72. The van der Waals surface area contributed by atoms with Crippen LogP contribution >= 0.6 is 0 Å². The quantitative estimate of drug-likeness (QED) is 0.607. The van der Waals surface area contributed by atoms with E-state index in [-0.39, 0.29) is 6.10 Å². The minimum absolute atomic E-state index is 0.134. The molecule has 0 aromatic rings. The Morgan fingerprint density at radius 1 is 1.44 bits per heavy atom. The number of nitrogens with zero attached hydrogens (tertiary/aromatic N) is 1. The molecule has 0 fully saturated rings. The van der Waals surface area contributed by atoms with Gasteiger partial charge in [0.15, 0.2) is 0 Å². The molecule has 1 N–H and O–H groups in total. The summed E-state index contributed by atoms with van der Waals surface area (Å²) in [6.07, 6.45) is 1.87. The van der Waals surface area contributed by atoms with Gasteiger partial charge in [-0.1, -0.05) is 0 Å². The highest BCUT2D eigenvalue weighted by Gasteiger charge is 1.94. The van der Waals surface area contributed by atoms with Crippen LogP contribution in [0.3, 0.4) is 0 Å². The van der Waals surface area contributed by atoms with Crippen LogP contribution < -0.4 is 0 Å². The minimum atomic E-state index is -0.134. The molecular weight excluding hydrogens is 114 g/mol. The predicted molar refractivity (Wildman–Crippen MR) is 39.5 cm³/mol. The molecule has 0 radical (unpaired) electrons. The molecule has 0 aromatic heterocycles. The smallest absolute Gasteiger partial charge is 0.0512 e. The van der Waals surface area contributed by atoms with Crippen LogP contribution in [-0.4, -0.2) is 36.8 Å². The maximum Gasteiger partial charge on any atom is 0.0512 e. The average Bonchev–Trinajstić information content (AvgIpc) is 1.63. The third kappa shape index (κ3) is 7.92. The van der Waals surface area contributed by atoms with E-state index in [1.165, 1.54) is 0 Å². The topological polar surface area (TPSA) is 23.5 Å². The largest absolute Gasteiger partial charge is 0.393 e. The predicted octanol–water partition coefficient (Wildman–Crippen LogP) is 0.709. The standard InChI is InChI=1S/C7H17NO/c1-7(9)5-4-6-8(2)3/h7,9H,4-6H2,1-3H3. The zero-order valence-electron chi connectivity index (χ0n) is 6.59. The fourth-order valence-corrected chi connectivity index (χ4v) is 0.703. The lowest BCUT2D eigenvalue weighted by Gasteiger charge is -2.09. The van der Waals surface area contributed by atoms with Gasteiger partial charge in [-0.15, -0.1) is 0 Å². The van der Waals surface area contributed by atoms with Crippen molar-refractivity contribution in [3.8, 4) is 0 Å². The highest BCUT2D eigenvalue weighted by atomic mass is 16.3. The first kappa shape index (κ1) is 8.92. The molecule has 2 nitrogen and oxygen atoms in total. The number of rotatable bonds is 4. The van der Waals surface area contributed by atoms with Gasteiger partial charge in [0.2, 0.25) is 0 Å². The third-order valence-electron chi connectivity index (χ3n) is 1.23. The highest BCUT2D eigenvalue weighted by Crippen LogP contribution is 1.95. The van der Waals surface area contributed by atoms with E-state index in [0.717, 1.165) is 19.4 Å². The lowest BCUT2D eigenvalue weighted by molar-refractivity contribution is 0.177. The molecule has 0 amide bonds. The van der Waals surface area contributed by atoms with E-state index in [1.807, 2.05) is 21.0 Å². The second-order valence-corrected chi connectivity index (χ2v) is 2.79. The van der Waals surface area contributed by atoms with E-state index in [0.29, 0.717) is 0 Å². The number of aliphatic hydroxyl groups excluding tert-OH is 1. The van der Waals surface area contributed by atoms with Crippen LogP contribution in [0.25, 0.3) is 0 Å². The Bertz CT molecular complexity index is 53.9. The molecule has 0 heterocycles. The summed E-state index contributed by atoms with van der Waals surface area (Å²) in [6.45, 7) is 2.90. The molecule has 9 heavy (non-hydrogen) atoms. The molecule has 0 aliphatic carbocycles. The summed E-state index contributed by atoms with van der Waals surface area (Å²) in [4.78, 5) is 2.13. The monoisotopic (exact) mass is 131 g/mol. The number of hydrogen-bond donors (Lipinski definition) is 1. The molecular formula is C7H17NO. The number of hydrogen-bond acceptors (Lipinski definition) is 2. The van der Waals surface area contributed by atoms with E-state index >= 15 is 0 Å². The lowest BCUT2D eigenvalue weighted by atomic mass is 10.2. The Hall–Kier alpha value is -0.0800. The summed E-state index contributed by atoms with van der Waals surface area (Å²) in [7, 11) is 4.09. The Balaban J connectivity index is 2.91. The fraction of sp³-hybridized carbons (Fsp3) is 1.00. The second kappa shape index (κ2) is 4.77. The van der Waals surface area contributed by atoms with Crippen molar-refractivity contribution in [1.29, 1.82) is 0 Å². The molecule has 0 rings (SSSR count). The maximum atomic E-state index is 8.85. The zero-order chi connectivity index (χ0) is 7.28. The summed E-state index contributed by atoms with van der Waals surface area (Å²) in [5.41, 5.74) is 0. The van der Waals surface area contributed by atoms with Crippen molar-refractivity contribution in [2.75, 3.05) is 20.6 Å². The molecule has 1 unspecified atom stereocenters. The maximum absolute atomic E-state index is 8.85. The van der Waals surface area contributed by atoms with Crippen molar-refractivity contribution in [2.24, 2.45) is 0 Å². The second-order valence-electron chi connectivity index (χ2n) is 2.79. The van der Waals surface area contributed by atoms with Crippen LogP contribution in [0.15, 0.2) is 0 Å². The zero-order valence-corrected chi connectivity index (χ0v) is 6.59. The van der Waals surface area contributed by atoms with Crippen LogP contribution in [0.2, 0.25) is 0 Å². The molecule has 0 aliphatic rings. The van der Waals surface area contributed by atoms with Gasteiger partial charge in [-0.3, -0.25) is 0 Å². The summed E-state index contributed by atoms with van der Waals surface area (Å²) in [5.74, 6) is 0. The first-order chi connectivity index (χ1) is 4.13. The van der Waals surface area contributed by atoms with Crippen molar-refractivity contribution in [3.05, 3.63) is 0 Å². The van der Waals surface area contributed by atoms with Gasteiger partial charge in [0, 0.05) is 0 Å². The summed E-state index contributed by atoms with van der Waals surface area (Å²) in [5, 5.41) is 8.85. The van der Waals surface area contributed by atoms with Gasteiger partial charge in [-0.05, 0) is 40.4 Å². The van der Waals surface area contributed by atoms with Gasteiger partial charge in [-0.25, -0.2) is 0 Å². The van der Waals surface area contributed by atoms with Gasteiger partial charge in [0.25, 0.3) is 0 Å². The highest BCUT2D eigenvalue weighted by molar-refractivity contribution is 4.49. The Morgan fingerprint density at radius 3 is 2.33 bits per heavy atom. The number of aliphatic hydroxyl groups is 1. The molecule has 0 spiro atoms. The van der Waals surface area contributed by atoms with Gasteiger partial charge in [-0.2, -0.15) is 0 Å². The van der Waals surface area contributed by atoms with Gasteiger partial charge < -0.3 is 10.0 Å². The molecule has 0 bridgehead atoms. The summed E-state index contributed by atoms with van der Waals surface area (Å²) < 4.78 is 0. The van der Waals surface area contributed by atoms with Gasteiger partial charge >= 0.3 is 0 Å². The first-order valence-electron chi connectivity index (χ1n) is 3.45. The van der Waals surface area contributed by atoms with Crippen molar-refractivity contribution in [3.63, 3.8) is 0 Å². The molecule has 0 saturated carbocycles. The fourth-order valence-electron chi connectivity index (χ4n) is 0.703. The van der Waals surface area contributed by atoms with Crippen LogP contribution in [0.4, 0.5) is 0 Å². The van der Waals surface area contributed by atoms with Crippen molar-refractivity contribution in [1.82, 2.24) is 4.90 Å². The van der Waals surface area contributed by atoms with E-state index in [4.69, 9.17) is 5.11 Å². The first-order valence-corrected chi connectivity index (χ1v) is 3.45. The molecule has 0 aromatic carbocycles. The summed E-state index contributed by atoms with van der Waals surface area (Å²) in [6, 6.07) is 0. The van der Waals surface area contributed by atoms with Crippen molar-refractivity contribution < 1.29 is 5.11 Å². The Labute approximate surface area is 57.5 Å². The van der Waals surface area contributed by atoms with Gasteiger partial charge in [0.05, 0.1) is 6.10 Å². The van der Waals surface area contributed by atoms with E-state index in [1.54, 1.807) is 0 Å². The minimum Gasteiger partial charge on any atom is -0.393 e. The molecule has 0 aliphatic heterocycles. The average molecular weight is 131 g/mol. The van der Waals surface area contributed by atoms with E-state index in [2.05, 4.69) is 4.90 Å². The summed E-state index contributed by atoms with van der Waals surface area (Å²) >= 11 is 0. The molecule has 1 atom stereocenters. The van der Waals surface area contributed by atoms with Crippen LogP contribution in [0.5, 0.6) is 0 Å². The van der Waals surface area contributed by atoms with Crippen LogP contribution in [-0.2, 0) is 0 Å². The van der Waals surface area contributed by atoms with Crippen molar-refractivity contribution >= 4 is 0 Å². The molecule has 56 valence electrons. The molecule has 2 heteroatoms. The lowest BCUT2D eigenvalue weighted by Crippen LogP contribution is -2.14. The van der Waals surface area contributed by atoms with Crippen molar-refractivity contribution in [2.45, 2.75) is 25.9 Å². The normalized spacial score (nSPS) is 14.3.